The average Bonchev–Trinajstić information content (AvgIpc) is 2.13. The van der Waals surface area contributed by atoms with Crippen LogP contribution in [0.1, 0.15) is 11.3 Å². The molecule has 0 fully saturated rings. The standard InChI is InChI=1S/C6H8O3S/c1-5-2-6(3-9-5)4-10(7)8/h2-3H,4H2,1H3,(H,7,8)/p-1. The minimum atomic E-state index is -2.01. The molecule has 0 bridgehead atoms. The Morgan fingerprint density at radius 3 is 2.90 bits per heavy atom. The molecular formula is C6H7O3S-. The minimum absolute atomic E-state index is 0.0390. The van der Waals surface area contributed by atoms with Crippen LogP contribution in [0.4, 0.5) is 0 Å². The summed E-state index contributed by atoms with van der Waals surface area (Å²) in [5.74, 6) is 0.776. The molecule has 1 heterocycles. The number of rotatable bonds is 2. The summed E-state index contributed by atoms with van der Waals surface area (Å²) >= 11 is -2.01. The summed E-state index contributed by atoms with van der Waals surface area (Å²) in [5, 5.41) is 0. The predicted octanol–water partition coefficient (Wildman–Crippen LogP) is 0.967. The average molecular weight is 159 g/mol. The van der Waals surface area contributed by atoms with Crippen LogP contribution in [0.25, 0.3) is 0 Å². The van der Waals surface area contributed by atoms with Gasteiger partial charge < -0.3 is 8.97 Å². The summed E-state index contributed by atoms with van der Waals surface area (Å²) in [6.07, 6.45) is 1.45. The van der Waals surface area contributed by atoms with Gasteiger partial charge >= 0.3 is 0 Å². The number of aryl methyl sites for hydroxylation is 1. The lowest BCUT2D eigenvalue weighted by atomic mass is 10.3. The van der Waals surface area contributed by atoms with E-state index >= 15 is 0 Å². The van der Waals surface area contributed by atoms with E-state index in [2.05, 4.69) is 0 Å². The Morgan fingerprint density at radius 2 is 2.50 bits per heavy atom. The first-order valence-corrected chi connectivity index (χ1v) is 4.03. The normalized spacial score (nSPS) is 13.4. The quantitative estimate of drug-likeness (QED) is 0.604. The Morgan fingerprint density at radius 1 is 1.80 bits per heavy atom. The van der Waals surface area contributed by atoms with Gasteiger partial charge in [-0.3, -0.25) is 4.21 Å². The molecule has 56 valence electrons. The van der Waals surface area contributed by atoms with Crippen molar-refractivity contribution in [3.8, 4) is 0 Å². The van der Waals surface area contributed by atoms with E-state index in [0.717, 1.165) is 5.76 Å². The van der Waals surface area contributed by atoms with Gasteiger partial charge in [-0.05, 0) is 13.0 Å². The fourth-order valence-corrected chi connectivity index (χ4v) is 1.13. The maximum atomic E-state index is 10.1. The summed E-state index contributed by atoms with van der Waals surface area (Å²) in [6.45, 7) is 1.78. The molecule has 1 rings (SSSR count). The number of hydrogen-bond donors (Lipinski definition) is 0. The third-order valence-corrected chi connectivity index (χ3v) is 1.64. The molecule has 0 saturated heterocycles. The van der Waals surface area contributed by atoms with E-state index in [-0.39, 0.29) is 5.75 Å². The Kier molecular flexibility index (Phi) is 2.24. The second-order valence-corrected chi connectivity index (χ2v) is 2.91. The van der Waals surface area contributed by atoms with Crippen LogP contribution >= 0.6 is 0 Å². The zero-order valence-electron chi connectivity index (χ0n) is 5.49. The summed E-state index contributed by atoms with van der Waals surface area (Å²) in [6, 6.07) is 1.70. The first-order chi connectivity index (χ1) is 4.68. The number of furan rings is 1. The van der Waals surface area contributed by atoms with Crippen molar-refractivity contribution in [3.05, 3.63) is 23.7 Å². The van der Waals surface area contributed by atoms with Gasteiger partial charge in [0.05, 0.1) is 6.26 Å². The lowest BCUT2D eigenvalue weighted by molar-refractivity contribution is 0.527. The highest BCUT2D eigenvalue weighted by Gasteiger charge is 1.95. The molecule has 0 N–H and O–H groups in total. The molecule has 0 spiro atoms. The molecule has 0 radical (unpaired) electrons. The van der Waals surface area contributed by atoms with Gasteiger partial charge in [-0.15, -0.1) is 0 Å². The number of hydrogen-bond acceptors (Lipinski definition) is 3. The molecule has 0 aromatic carbocycles. The van der Waals surface area contributed by atoms with Gasteiger partial charge in [0.25, 0.3) is 0 Å². The molecule has 1 aromatic rings. The highest BCUT2D eigenvalue weighted by atomic mass is 32.2. The van der Waals surface area contributed by atoms with Crippen LogP contribution < -0.4 is 0 Å². The van der Waals surface area contributed by atoms with E-state index in [4.69, 9.17) is 4.42 Å². The van der Waals surface area contributed by atoms with Gasteiger partial charge in [-0.2, -0.15) is 0 Å². The fourth-order valence-electron chi connectivity index (χ4n) is 0.710. The molecule has 1 atom stereocenters. The zero-order chi connectivity index (χ0) is 7.56. The van der Waals surface area contributed by atoms with Crippen LogP contribution in [-0.2, 0) is 16.8 Å². The Labute approximate surface area is 61.3 Å². The fraction of sp³-hybridized carbons (Fsp3) is 0.333. The van der Waals surface area contributed by atoms with Crippen molar-refractivity contribution < 1.29 is 13.2 Å². The largest absolute Gasteiger partial charge is 0.772 e. The van der Waals surface area contributed by atoms with Crippen LogP contribution in [0.5, 0.6) is 0 Å². The molecule has 0 aliphatic carbocycles. The molecule has 10 heavy (non-hydrogen) atoms. The maximum Gasteiger partial charge on any atom is 0.100 e. The lowest BCUT2D eigenvalue weighted by Gasteiger charge is -1.99. The van der Waals surface area contributed by atoms with Gasteiger partial charge in [0.1, 0.15) is 5.76 Å². The Balaban J connectivity index is 2.67. The molecule has 0 aliphatic heterocycles. The second kappa shape index (κ2) is 2.98. The highest BCUT2D eigenvalue weighted by molar-refractivity contribution is 7.78. The van der Waals surface area contributed by atoms with E-state index in [0.29, 0.717) is 5.56 Å². The third kappa shape index (κ3) is 1.97. The van der Waals surface area contributed by atoms with Crippen molar-refractivity contribution in [1.82, 2.24) is 0 Å². The van der Waals surface area contributed by atoms with E-state index in [1.54, 1.807) is 13.0 Å². The van der Waals surface area contributed by atoms with Crippen molar-refractivity contribution in [1.29, 1.82) is 0 Å². The van der Waals surface area contributed by atoms with Crippen molar-refractivity contribution in [3.63, 3.8) is 0 Å². The monoisotopic (exact) mass is 159 g/mol. The van der Waals surface area contributed by atoms with Gasteiger partial charge in [0, 0.05) is 11.3 Å². The SMILES string of the molecule is Cc1cc(CS(=O)[O-])co1. The molecule has 4 heteroatoms. The van der Waals surface area contributed by atoms with Crippen LogP contribution in [0.15, 0.2) is 16.7 Å². The summed E-state index contributed by atoms with van der Waals surface area (Å²) in [5.41, 5.74) is 0.700. The third-order valence-electron chi connectivity index (χ3n) is 1.07. The van der Waals surface area contributed by atoms with Crippen molar-refractivity contribution in [2.75, 3.05) is 0 Å². The van der Waals surface area contributed by atoms with Gasteiger partial charge in [0.2, 0.25) is 0 Å². The Hall–Kier alpha value is -0.610. The van der Waals surface area contributed by atoms with Crippen LogP contribution in [-0.4, -0.2) is 8.76 Å². The first-order valence-electron chi connectivity index (χ1n) is 2.78. The predicted molar refractivity (Wildman–Crippen MR) is 36.1 cm³/mol. The zero-order valence-corrected chi connectivity index (χ0v) is 6.31. The first kappa shape index (κ1) is 7.50. The van der Waals surface area contributed by atoms with Crippen molar-refractivity contribution in [2.24, 2.45) is 0 Å². The van der Waals surface area contributed by atoms with E-state index < -0.39 is 11.1 Å². The topological polar surface area (TPSA) is 53.3 Å². The molecular weight excluding hydrogens is 152 g/mol. The smallest absolute Gasteiger partial charge is 0.100 e. The van der Waals surface area contributed by atoms with E-state index in [1.165, 1.54) is 6.26 Å². The van der Waals surface area contributed by atoms with Gasteiger partial charge in [-0.1, -0.05) is 11.1 Å². The molecule has 0 saturated carbocycles. The van der Waals surface area contributed by atoms with Crippen molar-refractivity contribution in [2.45, 2.75) is 12.7 Å². The molecule has 1 unspecified atom stereocenters. The van der Waals surface area contributed by atoms with Gasteiger partial charge in [0.15, 0.2) is 0 Å². The minimum Gasteiger partial charge on any atom is -0.772 e. The van der Waals surface area contributed by atoms with Crippen LogP contribution in [0, 0.1) is 6.92 Å². The Bertz CT molecular complexity index is 241. The molecule has 0 amide bonds. The molecule has 1 aromatic heterocycles. The lowest BCUT2D eigenvalue weighted by Crippen LogP contribution is -1.90. The molecule has 0 aliphatic rings. The second-order valence-electron chi connectivity index (χ2n) is 2.01. The van der Waals surface area contributed by atoms with E-state index in [9.17, 15) is 8.76 Å². The van der Waals surface area contributed by atoms with Crippen LogP contribution in [0.3, 0.4) is 0 Å². The summed E-state index contributed by atoms with van der Waals surface area (Å²) < 4.78 is 25.2. The highest BCUT2D eigenvalue weighted by Crippen LogP contribution is 2.07. The van der Waals surface area contributed by atoms with Gasteiger partial charge in [-0.25, -0.2) is 0 Å². The summed E-state index contributed by atoms with van der Waals surface area (Å²) in [4.78, 5) is 0. The summed E-state index contributed by atoms with van der Waals surface area (Å²) in [7, 11) is 0. The van der Waals surface area contributed by atoms with Crippen molar-refractivity contribution >= 4 is 11.1 Å². The van der Waals surface area contributed by atoms with Crippen LogP contribution in [0.2, 0.25) is 0 Å². The molecule has 3 nitrogen and oxygen atoms in total. The maximum absolute atomic E-state index is 10.1. The van der Waals surface area contributed by atoms with E-state index in [1.807, 2.05) is 0 Å².